The number of hydrogen-bond acceptors (Lipinski definition) is 3. The molecule has 0 fully saturated rings. The number of aliphatic imine (C=N–C) groups is 1. The second kappa shape index (κ2) is 5.99. The SMILES string of the molecule is C=CCC(C)(N=Cc1ccccc1)C(=O)OC. The molecule has 1 unspecified atom stereocenters. The van der Waals surface area contributed by atoms with Crippen molar-refractivity contribution in [2.24, 2.45) is 4.99 Å². The zero-order valence-corrected chi connectivity index (χ0v) is 10.2. The second-order valence-electron chi connectivity index (χ2n) is 3.93. The zero-order valence-electron chi connectivity index (χ0n) is 10.2. The third kappa shape index (κ3) is 3.55. The molecule has 0 N–H and O–H groups in total. The van der Waals surface area contributed by atoms with Gasteiger partial charge in [0.05, 0.1) is 7.11 Å². The maximum Gasteiger partial charge on any atom is 0.333 e. The number of rotatable bonds is 5. The summed E-state index contributed by atoms with van der Waals surface area (Å²) in [7, 11) is 1.36. The van der Waals surface area contributed by atoms with Crippen LogP contribution in [0.3, 0.4) is 0 Å². The van der Waals surface area contributed by atoms with Crippen LogP contribution in [0.5, 0.6) is 0 Å². The number of carbonyl (C=O) groups excluding carboxylic acids is 1. The number of esters is 1. The minimum absolute atomic E-state index is 0.357. The maximum atomic E-state index is 11.7. The third-order valence-corrected chi connectivity index (χ3v) is 2.47. The average molecular weight is 231 g/mol. The van der Waals surface area contributed by atoms with E-state index in [9.17, 15) is 4.79 Å². The van der Waals surface area contributed by atoms with E-state index >= 15 is 0 Å². The lowest BCUT2D eigenvalue weighted by Crippen LogP contribution is -2.34. The molecule has 0 aliphatic rings. The first-order chi connectivity index (χ1) is 8.12. The molecule has 0 aromatic heterocycles. The fourth-order valence-electron chi connectivity index (χ4n) is 1.45. The number of methoxy groups -OCH3 is 1. The molecule has 0 amide bonds. The summed E-state index contributed by atoms with van der Waals surface area (Å²) >= 11 is 0. The van der Waals surface area contributed by atoms with Crippen molar-refractivity contribution >= 4 is 12.2 Å². The van der Waals surface area contributed by atoms with Crippen molar-refractivity contribution in [1.29, 1.82) is 0 Å². The van der Waals surface area contributed by atoms with Gasteiger partial charge in [-0.25, -0.2) is 4.79 Å². The van der Waals surface area contributed by atoms with Gasteiger partial charge < -0.3 is 4.74 Å². The van der Waals surface area contributed by atoms with Crippen LogP contribution < -0.4 is 0 Å². The summed E-state index contributed by atoms with van der Waals surface area (Å²) < 4.78 is 4.76. The molecule has 0 bridgehead atoms. The molecule has 0 saturated carbocycles. The van der Waals surface area contributed by atoms with Crippen molar-refractivity contribution < 1.29 is 9.53 Å². The molecule has 3 heteroatoms. The minimum Gasteiger partial charge on any atom is -0.467 e. The van der Waals surface area contributed by atoms with Crippen molar-refractivity contribution in [2.45, 2.75) is 18.9 Å². The van der Waals surface area contributed by atoms with Crippen LogP contribution in [-0.4, -0.2) is 24.8 Å². The van der Waals surface area contributed by atoms with E-state index in [4.69, 9.17) is 4.74 Å². The molecule has 1 rings (SSSR count). The van der Waals surface area contributed by atoms with Crippen molar-refractivity contribution in [3.05, 3.63) is 48.6 Å². The highest BCUT2D eigenvalue weighted by atomic mass is 16.5. The van der Waals surface area contributed by atoms with E-state index in [-0.39, 0.29) is 5.97 Å². The Balaban J connectivity index is 2.90. The Kier molecular flexibility index (Phi) is 4.64. The molecule has 0 saturated heterocycles. The first kappa shape index (κ1) is 13.2. The largest absolute Gasteiger partial charge is 0.467 e. The highest BCUT2D eigenvalue weighted by Crippen LogP contribution is 2.18. The molecule has 0 heterocycles. The smallest absolute Gasteiger partial charge is 0.333 e. The predicted molar refractivity (Wildman–Crippen MR) is 69.3 cm³/mol. The summed E-state index contributed by atoms with van der Waals surface area (Å²) in [5.74, 6) is -0.357. The minimum atomic E-state index is -0.896. The van der Waals surface area contributed by atoms with Crippen LogP contribution in [0.15, 0.2) is 48.0 Å². The lowest BCUT2D eigenvalue weighted by molar-refractivity contribution is -0.146. The van der Waals surface area contributed by atoms with Crippen molar-refractivity contribution in [2.75, 3.05) is 7.11 Å². The summed E-state index contributed by atoms with van der Waals surface area (Å²) in [5.41, 5.74) is 0.0542. The lowest BCUT2D eigenvalue weighted by atomic mass is 9.99. The molecule has 1 aromatic carbocycles. The van der Waals surface area contributed by atoms with Crippen LogP contribution in [0.4, 0.5) is 0 Å². The normalized spacial score (nSPS) is 14.2. The highest BCUT2D eigenvalue weighted by molar-refractivity contribution is 5.86. The molecule has 3 nitrogen and oxygen atoms in total. The summed E-state index contributed by atoms with van der Waals surface area (Å²) in [6.07, 6.45) is 3.79. The third-order valence-electron chi connectivity index (χ3n) is 2.47. The van der Waals surface area contributed by atoms with E-state index in [0.717, 1.165) is 5.56 Å². The van der Waals surface area contributed by atoms with E-state index in [1.54, 1.807) is 19.2 Å². The van der Waals surface area contributed by atoms with Gasteiger partial charge in [0.15, 0.2) is 5.54 Å². The Morgan fingerprint density at radius 1 is 1.47 bits per heavy atom. The second-order valence-corrected chi connectivity index (χ2v) is 3.93. The van der Waals surface area contributed by atoms with Crippen LogP contribution in [-0.2, 0) is 9.53 Å². The molecular formula is C14H17NO2. The summed E-state index contributed by atoms with van der Waals surface area (Å²) in [4.78, 5) is 16.0. The standard InChI is InChI=1S/C14H17NO2/c1-4-10-14(2,13(16)17-3)15-11-12-8-6-5-7-9-12/h4-9,11H,1,10H2,2-3H3. The van der Waals surface area contributed by atoms with Gasteiger partial charge >= 0.3 is 5.97 Å². The topological polar surface area (TPSA) is 38.7 Å². The van der Waals surface area contributed by atoms with Gasteiger partial charge in [-0.05, 0) is 12.5 Å². The highest BCUT2D eigenvalue weighted by Gasteiger charge is 2.31. The number of nitrogens with zero attached hydrogens (tertiary/aromatic N) is 1. The van der Waals surface area contributed by atoms with Crippen LogP contribution in [0.25, 0.3) is 0 Å². The lowest BCUT2D eigenvalue weighted by Gasteiger charge is -2.20. The van der Waals surface area contributed by atoms with Gasteiger partial charge in [0.1, 0.15) is 0 Å². The molecule has 1 aromatic rings. The van der Waals surface area contributed by atoms with Crippen LogP contribution in [0.1, 0.15) is 18.9 Å². The number of benzene rings is 1. The van der Waals surface area contributed by atoms with Crippen LogP contribution in [0.2, 0.25) is 0 Å². The molecule has 1 atom stereocenters. The Morgan fingerprint density at radius 3 is 2.65 bits per heavy atom. The molecule has 0 aliphatic carbocycles. The van der Waals surface area contributed by atoms with E-state index in [0.29, 0.717) is 6.42 Å². The van der Waals surface area contributed by atoms with Gasteiger partial charge in [0, 0.05) is 12.6 Å². The fourth-order valence-corrected chi connectivity index (χ4v) is 1.45. The first-order valence-corrected chi connectivity index (χ1v) is 5.42. The predicted octanol–water partition coefficient (Wildman–Crippen LogP) is 2.61. The fraction of sp³-hybridized carbons (Fsp3) is 0.286. The number of carbonyl (C=O) groups is 1. The monoisotopic (exact) mass is 231 g/mol. The Bertz CT molecular complexity index is 411. The molecule has 0 aliphatic heterocycles. The number of ether oxygens (including phenoxy) is 1. The van der Waals surface area contributed by atoms with Gasteiger partial charge in [-0.3, -0.25) is 4.99 Å². The Hall–Kier alpha value is -1.90. The van der Waals surface area contributed by atoms with Gasteiger partial charge in [-0.1, -0.05) is 36.4 Å². The first-order valence-electron chi connectivity index (χ1n) is 5.42. The van der Waals surface area contributed by atoms with Gasteiger partial charge in [-0.15, -0.1) is 6.58 Å². The number of hydrogen-bond donors (Lipinski definition) is 0. The van der Waals surface area contributed by atoms with Gasteiger partial charge in [0.25, 0.3) is 0 Å². The Labute approximate surface area is 102 Å². The van der Waals surface area contributed by atoms with Crippen molar-refractivity contribution in [3.8, 4) is 0 Å². The van der Waals surface area contributed by atoms with Gasteiger partial charge in [0.2, 0.25) is 0 Å². The van der Waals surface area contributed by atoms with Crippen molar-refractivity contribution in [1.82, 2.24) is 0 Å². The summed E-state index contributed by atoms with van der Waals surface area (Å²) in [5, 5.41) is 0. The van der Waals surface area contributed by atoms with E-state index in [1.165, 1.54) is 7.11 Å². The molecular weight excluding hydrogens is 214 g/mol. The zero-order chi connectivity index (χ0) is 12.7. The molecule has 0 spiro atoms. The van der Waals surface area contributed by atoms with Gasteiger partial charge in [-0.2, -0.15) is 0 Å². The Morgan fingerprint density at radius 2 is 2.12 bits per heavy atom. The average Bonchev–Trinajstić information content (AvgIpc) is 2.37. The molecule has 0 radical (unpaired) electrons. The molecule has 90 valence electrons. The van der Waals surface area contributed by atoms with Crippen LogP contribution in [0, 0.1) is 0 Å². The quantitative estimate of drug-likeness (QED) is 0.444. The van der Waals surface area contributed by atoms with E-state index in [2.05, 4.69) is 11.6 Å². The maximum absolute atomic E-state index is 11.7. The van der Waals surface area contributed by atoms with Crippen LogP contribution >= 0.6 is 0 Å². The van der Waals surface area contributed by atoms with Crippen molar-refractivity contribution in [3.63, 3.8) is 0 Å². The van der Waals surface area contributed by atoms with E-state index in [1.807, 2.05) is 30.3 Å². The molecule has 17 heavy (non-hydrogen) atoms. The van der Waals surface area contributed by atoms with E-state index < -0.39 is 5.54 Å². The summed E-state index contributed by atoms with van der Waals surface area (Å²) in [6, 6.07) is 9.62. The summed E-state index contributed by atoms with van der Waals surface area (Å²) in [6.45, 7) is 5.37.